The molecule has 1 saturated carbocycles. The van der Waals surface area contributed by atoms with Gasteiger partial charge in [0.1, 0.15) is 5.75 Å². The number of nitrogens with one attached hydrogen (secondary N) is 1. The molecule has 1 N–H and O–H groups in total. The van der Waals surface area contributed by atoms with Crippen LogP contribution in [-0.2, 0) is 0 Å². The Bertz CT molecular complexity index is 1020. The third-order valence-electron chi connectivity index (χ3n) is 6.46. The summed E-state index contributed by atoms with van der Waals surface area (Å²) in [6, 6.07) is 15.4. The van der Waals surface area contributed by atoms with E-state index in [4.69, 9.17) is 9.72 Å². The van der Waals surface area contributed by atoms with Crippen molar-refractivity contribution in [3.05, 3.63) is 48.0 Å². The number of benzene rings is 2. The van der Waals surface area contributed by atoms with Crippen LogP contribution in [0.4, 0.5) is 11.6 Å². The molecule has 0 saturated heterocycles. The van der Waals surface area contributed by atoms with E-state index >= 15 is 0 Å². The molecule has 2 atom stereocenters. The predicted octanol–water partition coefficient (Wildman–Crippen LogP) is 7.30. The molecule has 0 spiro atoms. The highest BCUT2D eigenvalue weighted by molar-refractivity contribution is 5.81. The summed E-state index contributed by atoms with van der Waals surface area (Å²) < 4.78 is 7.88. The van der Waals surface area contributed by atoms with Gasteiger partial charge in [-0.05, 0) is 66.3 Å². The fourth-order valence-electron chi connectivity index (χ4n) is 5.24. The third-order valence-corrected chi connectivity index (χ3v) is 6.46. The molecule has 4 heteroatoms. The van der Waals surface area contributed by atoms with Crippen LogP contribution in [0.25, 0.3) is 11.0 Å². The summed E-state index contributed by atoms with van der Waals surface area (Å²) in [6.45, 7) is 11.6. The maximum Gasteiger partial charge on any atom is 0.208 e. The van der Waals surface area contributed by atoms with Gasteiger partial charge in [-0.25, -0.2) is 4.98 Å². The van der Waals surface area contributed by atoms with E-state index in [-0.39, 0.29) is 0 Å². The van der Waals surface area contributed by atoms with Gasteiger partial charge in [-0.3, -0.25) is 0 Å². The van der Waals surface area contributed by atoms with Crippen molar-refractivity contribution in [1.82, 2.24) is 9.55 Å². The van der Waals surface area contributed by atoms with Crippen molar-refractivity contribution in [2.75, 3.05) is 12.4 Å². The number of imidazole rings is 1. The zero-order chi connectivity index (χ0) is 21.5. The normalized spacial score (nSPS) is 21.2. The Morgan fingerprint density at radius 3 is 2.47 bits per heavy atom. The first-order chi connectivity index (χ1) is 14.3. The summed E-state index contributed by atoms with van der Waals surface area (Å²) in [5.41, 5.74) is 4.91. The lowest BCUT2D eigenvalue weighted by molar-refractivity contribution is 0.140. The van der Waals surface area contributed by atoms with Crippen LogP contribution >= 0.6 is 0 Å². The van der Waals surface area contributed by atoms with Crippen LogP contribution in [0.3, 0.4) is 0 Å². The van der Waals surface area contributed by atoms with E-state index in [1.54, 1.807) is 7.11 Å². The lowest BCUT2D eigenvalue weighted by Crippen LogP contribution is -2.29. The first-order valence-electron chi connectivity index (χ1n) is 11.2. The molecule has 2 aromatic carbocycles. The van der Waals surface area contributed by atoms with E-state index < -0.39 is 0 Å². The topological polar surface area (TPSA) is 39.1 Å². The maximum absolute atomic E-state index is 5.45. The molecule has 4 nitrogen and oxygen atoms in total. The molecule has 160 valence electrons. The van der Waals surface area contributed by atoms with E-state index in [2.05, 4.69) is 74.8 Å². The molecule has 0 bridgehead atoms. The van der Waals surface area contributed by atoms with Crippen LogP contribution in [0.15, 0.2) is 42.5 Å². The van der Waals surface area contributed by atoms with Crippen LogP contribution < -0.4 is 10.1 Å². The molecular formula is C26H35N3O. The molecule has 1 fully saturated rings. The summed E-state index contributed by atoms with van der Waals surface area (Å²) in [5.74, 6) is 3.00. The standard InChI is InChI=1S/C26H35N3O/c1-17(2)19-7-9-20(10-8-19)27-25-28-23-14-22(30-6)11-12-24(23)29(25)21-13-18(3)15-26(4,5)16-21/h7-12,14,17-18,21H,13,15-16H2,1-6H3,(H,27,28)/t18-,21+/m0/s1. The van der Waals surface area contributed by atoms with Crippen LogP contribution in [-0.4, -0.2) is 16.7 Å². The van der Waals surface area contributed by atoms with E-state index in [1.165, 1.54) is 23.9 Å². The molecule has 3 aromatic rings. The van der Waals surface area contributed by atoms with E-state index in [9.17, 15) is 0 Å². The molecular weight excluding hydrogens is 370 g/mol. The summed E-state index contributed by atoms with van der Waals surface area (Å²) in [5, 5.41) is 3.62. The summed E-state index contributed by atoms with van der Waals surface area (Å²) >= 11 is 0. The van der Waals surface area contributed by atoms with Gasteiger partial charge in [0.15, 0.2) is 0 Å². The smallest absolute Gasteiger partial charge is 0.208 e. The first-order valence-corrected chi connectivity index (χ1v) is 11.2. The van der Waals surface area contributed by atoms with E-state index in [0.717, 1.165) is 29.3 Å². The molecule has 0 unspecified atom stereocenters. The first kappa shape index (κ1) is 20.8. The molecule has 30 heavy (non-hydrogen) atoms. The highest BCUT2D eigenvalue weighted by Crippen LogP contribution is 2.46. The maximum atomic E-state index is 5.45. The average molecular weight is 406 g/mol. The minimum Gasteiger partial charge on any atom is -0.497 e. The second-order valence-corrected chi connectivity index (χ2v) is 10.1. The van der Waals surface area contributed by atoms with Gasteiger partial charge in [0, 0.05) is 17.8 Å². The number of anilines is 2. The molecule has 0 radical (unpaired) electrons. The predicted molar refractivity (Wildman–Crippen MR) is 126 cm³/mol. The quantitative estimate of drug-likeness (QED) is 0.484. The molecule has 0 aliphatic heterocycles. The number of hydrogen-bond donors (Lipinski definition) is 1. The average Bonchev–Trinajstić information content (AvgIpc) is 3.03. The van der Waals surface area contributed by atoms with E-state index in [1.807, 2.05) is 12.1 Å². The van der Waals surface area contributed by atoms with Crippen molar-refractivity contribution in [2.24, 2.45) is 11.3 Å². The van der Waals surface area contributed by atoms with Crippen molar-refractivity contribution in [1.29, 1.82) is 0 Å². The second kappa shape index (κ2) is 7.98. The Morgan fingerprint density at radius 2 is 1.83 bits per heavy atom. The number of hydrogen-bond acceptors (Lipinski definition) is 3. The third kappa shape index (κ3) is 4.19. The molecule has 4 rings (SSSR count). The molecule has 1 aliphatic rings. The van der Waals surface area contributed by atoms with Gasteiger partial charge < -0.3 is 14.6 Å². The van der Waals surface area contributed by atoms with Gasteiger partial charge >= 0.3 is 0 Å². The van der Waals surface area contributed by atoms with Gasteiger partial charge in [0.2, 0.25) is 5.95 Å². The largest absolute Gasteiger partial charge is 0.497 e. The second-order valence-electron chi connectivity index (χ2n) is 10.1. The van der Waals surface area contributed by atoms with Gasteiger partial charge in [-0.2, -0.15) is 0 Å². The number of methoxy groups -OCH3 is 1. The molecule has 0 amide bonds. The number of aromatic nitrogens is 2. The zero-order valence-corrected chi connectivity index (χ0v) is 19.2. The highest BCUT2D eigenvalue weighted by atomic mass is 16.5. The Kier molecular flexibility index (Phi) is 5.52. The number of nitrogens with zero attached hydrogens (tertiary/aromatic N) is 2. The van der Waals surface area contributed by atoms with Crippen molar-refractivity contribution in [2.45, 2.75) is 65.8 Å². The number of rotatable bonds is 5. The lowest BCUT2D eigenvalue weighted by atomic mass is 9.70. The van der Waals surface area contributed by atoms with Crippen molar-refractivity contribution in [3.63, 3.8) is 0 Å². The Labute approximate surface area is 180 Å². The minimum absolute atomic E-state index is 0.335. The van der Waals surface area contributed by atoms with E-state index in [0.29, 0.717) is 23.3 Å². The summed E-state index contributed by atoms with van der Waals surface area (Å²) in [4.78, 5) is 4.99. The van der Waals surface area contributed by atoms with Gasteiger partial charge in [0.05, 0.1) is 18.1 Å². The van der Waals surface area contributed by atoms with Crippen molar-refractivity contribution >= 4 is 22.7 Å². The Hall–Kier alpha value is -2.49. The fourth-order valence-corrected chi connectivity index (χ4v) is 5.24. The number of ether oxygens (including phenoxy) is 1. The fraction of sp³-hybridized carbons (Fsp3) is 0.500. The monoisotopic (exact) mass is 405 g/mol. The van der Waals surface area contributed by atoms with Crippen molar-refractivity contribution < 1.29 is 4.74 Å². The highest BCUT2D eigenvalue weighted by Gasteiger charge is 2.34. The van der Waals surface area contributed by atoms with Gasteiger partial charge in [0.25, 0.3) is 0 Å². The molecule has 1 aromatic heterocycles. The molecule has 1 heterocycles. The SMILES string of the molecule is COc1ccc2c(c1)nc(Nc1ccc(C(C)C)cc1)n2[C@@H]1C[C@H](C)CC(C)(C)C1. The Morgan fingerprint density at radius 1 is 1.10 bits per heavy atom. The molecule has 1 aliphatic carbocycles. The van der Waals surface area contributed by atoms with Crippen LogP contribution in [0.5, 0.6) is 5.75 Å². The lowest BCUT2D eigenvalue weighted by Gasteiger charge is -2.40. The Balaban J connectivity index is 1.76. The minimum atomic E-state index is 0.335. The van der Waals surface area contributed by atoms with Crippen molar-refractivity contribution in [3.8, 4) is 5.75 Å². The zero-order valence-electron chi connectivity index (χ0n) is 19.2. The van der Waals surface area contributed by atoms with Crippen LogP contribution in [0, 0.1) is 11.3 Å². The van der Waals surface area contributed by atoms with Crippen LogP contribution in [0.2, 0.25) is 0 Å². The van der Waals surface area contributed by atoms with Gasteiger partial charge in [-0.1, -0.05) is 46.8 Å². The van der Waals surface area contributed by atoms with Gasteiger partial charge in [-0.15, -0.1) is 0 Å². The summed E-state index contributed by atoms with van der Waals surface area (Å²) in [6.07, 6.45) is 3.63. The van der Waals surface area contributed by atoms with Crippen LogP contribution in [0.1, 0.15) is 71.4 Å². The number of fused-ring (bicyclic) bond motifs is 1. The summed E-state index contributed by atoms with van der Waals surface area (Å²) in [7, 11) is 1.71.